The summed E-state index contributed by atoms with van der Waals surface area (Å²) >= 11 is 5.99. The molecule has 2 rings (SSSR count). The first-order valence-corrected chi connectivity index (χ1v) is 6.97. The summed E-state index contributed by atoms with van der Waals surface area (Å²) in [5.74, 6) is -0.246. The van der Waals surface area contributed by atoms with Crippen molar-refractivity contribution >= 4 is 23.6 Å². The Hall–Kier alpha value is -1.36. The Morgan fingerprint density at radius 3 is 2.80 bits per heavy atom. The van der Waals surface area contributed by atoms with E-state index in [2.05, 4.69) is 5.32 Å². The molecule has 20 heavy (non-hydrogen) atoms. The Bertz CT molecular complexity index is 496. The lowest BCUT2D eigenvalue weighted by atomic mass is 9.94. The third-order valence-corrected chi connectivity index (χ3v) is 3.68. The number of hydrogen-bond donors (Lipinski definition) is 2. The standard InChI is InChI=1S/C15H18ClNO3/c16-13-4-2-1-3-12(13)5-6-14(18)17-11-15(19)7-9-20-10-8-15/h1-6,19H,7-11H2,(H,17,18)/b6-5+. The van der Waals surface area contributed by atoms with Crippen LogP contribution in [0.15, 0.2) is 30.3 Å². The summed E-state index contributed by atoms with van der Waals surface area (Å²) in [4.78, 5) is 11.7. The zero-order valence-electron chi connectivity index (χ0n) is 11.1. The second-order valence-corrected chi connectivity index (χ2v) is 5.32. The second-order valence-electron chi connectivity index (χ2n) is 4.91. The molecule has 0 aliphatic carbocycles. The highest BCUT2D eigenvalue weighted by atomic mass is 35.5. The van der Waals surface area contributed by atoms with E-state index in [1.54, 1.807) is 12.1 Å². The van der Waals surface area contributed by atoms with Gasteiger partial charge < -0.3 is 15.2 Å². The molecule has 0 bridgehead atoms. The van der Waals surface area contributed by atoms with Gasteiger partial charge in [-0.3, -0.25) is 4.79 Å². The molecule has 0 unspecified atom stereocenters. The quantitative estimate of drug-likeness (QED) is 0.836. The number of amides is 1. The van der Waals surface area contributed by atoms with Gasteiger partial charge in [-0.25, -0.2) is 0 Å². The molecule has 0 atom stereocenters. The molecule has 1 aromatic rings. The zero-order chi connectivity index (χ0) is 14.4. The number of rotatable bonds is 4. The summed E-state index contributed by atoms with van der Waals surface area (Å²) in [6.45, 7) is 1.30. The number of hydrogen-bond acceptors (Lipinski definition) is 3. The van der Waals surface area contributed by atoms with E-state index in [-0.39, 0.29) is 12.5 Å². The van der Waals surface area contributed by atoms with E-state index in [0.717, 1.165) is 5.56 Å². The monoisotopic (exact) mass is 295 g/mol. The van der Waals surface area contributed by atoms with Crippen molar-refractivity contribution in [2.24, 2.45) is 0 Å². The van der Waals surface area contributed by atoms with Gasteiger partial charge in [0.15, 0.2) is 0 Å². The van der Waals surface area contributed by atoms with E-state index in [1.165, 1.54) is 6.08 Å². The molecule has 2 N–H and O–H groups in total. The van der Waals surface area contributed by atoms with Crippen LogP contribution in [0.4, 0.5) is 0 Å². The first-order chi connectivity index (χ1) is 9.59. The van der Waals surface area contributed by atoms with E-state index < -0.39 is 5.60 Å². The first kappa shape index (κ1) is 15.0. The van der Waals surface area contributed by atoms with E-state index in [1.807, 2.05) is 18.2 Å². The minimum Gasteiger partial charge on any atom is -0.388 e. The van der Waals surface area contributed by atoms with Crippen LogP contribution in [0.5, 0.6) is 0 Å². The average Bonchev–Trinajstić information content (AvgIpc) is 2.45. The van der Waals surface area contributed by atoms with Gasteiger partial charge in [-0.05, 0) is 17.7 Å². The van der Waals surface area contributed by atoms with E-state index in [9.17, 15) is 9.90 Å². The number of carbonyl (C=O) groups is 1. The van der Waals surface area contributed by atoms with Gasteiger partial charge in [0, 0.05) is 43.7 Å². The van der Waals surface area contributed by atoms with Crippen LogP contribution in [-0.4, -0.2) is 36.4 Å². The van der Waals surface area contributed by atoms with Crippen molar-refractivity contribution in [2.45, 2.75) is 18.4 Å². The molecular formula is C15H18ClNO3. The highest BCUT2D eigenvalue weighted by Gasteiger charge is 2.29. The number of aliphatic hydroxyl groups is 1. The number of halogens is 1. The maximum Gasteiger partial charge on any atom is 0.244 e. The Labute approximate surface area is 123 Å². The predicted octanol–water partition coefficient (Wildman–Crippen LogP) is 2.01. The van der Waals surface area contributed by atoms with Gasteiger partial charge >= 0.3 is 0 Å². The fraction of sp³-hybridized carbons (Fsp3) is 0.400. The average molecular weight is 296 g/mol. The zero-order valence-corrected chi connectivity index (χ0v) is 11.9. The molecule has 4 nitrogen and oxygen atoms in total. The Morgan fingerprint density at radius 2 is 2.10 bits per heavy atom. The number of benzene rings is 1. The summed E-state index contributed by atoms with van der Waals surface area (Å²) < 4.78 is 5.19. The summed E-state index contributed by atoms with van der Waals surface area (Å²) in [5, 5.41) is 13.5. The van der Waals surface area contributed by atoms with Gasteiger partial charge in [-0.1, -0.05) is 29.8 Å². The molecule has 108 valence electrons. The van der Waals surface area contributed by atoms with Crippen LogP contribution in [0, 0.1) is 0 Å². The molecule has 1 heterocycles. The smallest absolute Gasteiger partial charge is 0.244 e. The maximum atomic E-state index is 11.7. The van der Waals surface area contributed by atoms with E-state index in [0.29, 0.717) is 31.1 Å². The molecule has 0 radical (unpaired) electrons. The summed E-state index contributed by atoms with van der Waals surface area (Å²) in [5.41, 5.74) is -0.0688. The largest absolute Gasteiger partial charge is 0.388 e. The molecule has 0 spiro atoms. The SMILES string of the molecule is O=C(/C=C/c1ccccc1Cl)NCC1(O)CCOCC1. The van der Waals surface area contributed by atoms with Gasteiger partial charge in [0.2, 0.25) is 5.91 Å². The normalized spacial score (nSPS) is 18.1. The lowest BCUT2D eigenvalue weighted by Gasteiger charge is -2.31. The lowest BCUT2D eigenvalue weighted by molar-refractivity contribution is -0.119. The van der Waals surface area contributed by atoms with Crippen molar-refractivity contribution in [3.05, 3.63) is 40.9 Å². The molecule has 0 saturated carbocycles. The molecule has 1 fully saturated rings. The molecule has 1 amide bonds. The van der Waals surface area contributed by atoms with Crippen molar-refractivity contribution < 1.29 is 14.6 Å². The van der Waals surface area contributed by atoms with Crippen molar-refractivity contribution in [2.75, 3.05) is 19.8 Å². The summed E-state index contributed by atoms with van der Waals surface area (Å²) in [6.07, 6.45) is 4.17. The van der Waals surface area contributed by atoms with Crippen LogP contribution in [0.2, 0.25) is 5.02 Å². The Morgan fingerprint density at radius 1 is 1.40 bits per heavy atom. The molecule has 1 aliphatic heterocycles. The fourth-order valence-corrected chi connectivity index (χ4v) is 2.21. The highest BCUT2D eigenvalue weighted by molar-refractivity contribution is 6.32. The van der Waals surface area contributed by atoms with Gasteiger partial charge in [0.25, 0.3) is 0 Å². The lowest BCUT2D eigenvalue weighted by Crippen LogP contribution is -2.46. The van der Waals surface area contributed by atoms with Gasteiger partial charge in [0.05, 0.1) is 5.60 Å². The van der Waals surface area contributed by atoms with Gasteiger partial charge in [0.1, 0.15) is 0 Å². The molecule has 1 aliphatic rings. The molecule has 0 aromatic heterocycles. The van der Waals surface area contributed by atoms with Crippen LogP contribution < -0.4 is 5.32 Å². The highest BCUT2D eigenvalue weighted by Crippen LogP contribution is 2.19. The van der Waals surface area contributed by atoms with Crippen molar-refractivity contribution in [3.63, 3.8) is 0 Å². The summed E-state index contributed by atoms with van der Waals surface area (Å²) in [7, 11) is 0. The minimum atomic E-state index is -0.855. The van der Waals surface area contributed by atoms with Crippen molar-refractivity contribution in [1.29, 1.82) is 0 Å². The first-order valence-electron chi connectivity index (χ1n) is 6.60. The second kappa shape index (κ2) is 6.88. The van der Waals surface area contributed by atoms with Crippen molar-refractivity contribution in [3.8, 4) is 0 Å². The third kappa shape index (κ3) is 4.34. The van der Waals surface area contributed by atoms with Crippen LogP contribution >= 0.6 is 11.6 Å². The third-order valence-electron chi connectivity index (χ3n) is 3.33. The molecule has 1 saturated heterocycles. The van der Waals surface area contributed by atoms with Crippen LogP contribution in [0.3, 0.4) is 0 Å². The number of nitrogens with one attached hydrogen (secondary N) is 1. The van der Waals surface area contributed by atoms with Crippen LogP contribution in [0.25, 0.3) is 6.08 Å². The van der Waals surface area contributed by atoms with Crippen molar-refractivity contribution in [1.82, 2.24) is 5.32 Å². The summed E-state index contributed by atoms with van der Waals surface area (Å²) in [6, 6.07) is 7.29. The fourth-order valence-electron chi connectivity index (χ4n) is 2.01. The minimum absolute atomic E-state index is 0.238. The molecular weight excluding hydrogens is 278 g/mol. The number of ether oxygens (including phenoxy) is 1. The predicted molar refractivity (Wildman–Crippen MR) is 78.5 cm³/mol. The molecule has 5 heteroatoms. The van der Waals surface area contributed by atoms with E-state index in [4.69, 9.17) is 16.3 Å². The Balaban J connectivity index is 1.85. The maximum absolute atomic E-state index is 11.7. The van der Waals surface area contributed by atoms with Crippen LogP contribution in [0.1, 0.15) is 18.4 Å². The Kier molecular flexibility index (Phi) is 5.17. The molecule has 1 aromatic carbocycles. The topological polar surface area (TPSA) is 58.6 Å². The van der Waals surface area contributed by atoms with Gasteiger partial charge in [-0.15, -0.1) is 0 Å². The van der Waals surface area contributed by atoms with E-state index >= 15 is 0 Å². The van der Waals surface area contributed by atoms with Crippen LogP contribution in [-0.2, 0) is 9.53 Å². The van der Waals surface area contributed by atoms with Gasteiger partial charge in [-0.2, -0.15) is 0 Å². The number of carbonyl (C=O) groups excluding carboxylic acids is 1.